The first kappa shape index (κ1) is 26.3. The molecule has 11 nitrogen and oxygen atoms in total. The highest BCUT2D eigenvalue weighted by Gasteiger charge is 2.52. The van der Waals surface area contributed by atoms with Gasteiger partial charge in [0.05, 0.1) is 5.56 Å². The zero-order valence-electron chi connectivity index (χ0n) is 22.4. The van der Waals surface area contributed by atoms with Gasteiger partial charge in [0.15, 0.2) is 0 Å². The maximum atomic E-state index is 13.4. The summed E-state index contributed by atoms with van der Waals surface area (Å²) in [6.45, 7) is 8.38. The lowest BCUT2D eigenvalue weighted by molar-refractivity contribution is -0.132. The van der Waals surface area contributed by atoms with Crippen LogP contribution in [0.5, 0.6) is 0 Å². The molecule has 0 bridgehead atoms. The van der Waals surface area contributed by atoms with E-state index in [2.05, 4.69) is 34.0 Å². The quantitative estimate of drug-likeness (QED) is 0.363. The van der Waals surface area contributed by atoms with Crippen LogP contribution in [0.4, 0.5) is 10.5 Å². The van der Waals surface area contributed by atoms with Crippen LogP contribution in [0.1, 0.15) is 48.2 Å². The monoisotopic (exact) mass is 532 g/mol. The van der Waals surface area contributed by atoms with Crippen molar-refractivity contribution in [1.29, 1.82) is 0 Å². The second-order valence-electron chi connectivity index (χ2n) is 9.98. The number of aromatic nitrogens is 2. The number of nitrogens with one attached hydrogen (secondary N) is 1. The van der Waals surface area contributed by atoms with Crippen molar-refractivity contribution < 1.29 is 18.8 Å². The summed E-state index contributed by atoms with van der Waals surface area (Å²) < 4.78 is 5.67. The Labute approximate surface area is 225 Å². The van der Waals surface area contributed by atoms with Crippen molar-refractivity contribution in [3.05, 3.63) is 64.0 Å². The second kappa shape index (κ2) is 10.5. The minimum absolute atomic E-state index is 0.0606. The molecule has 3 aromatic rings. The third-order valence-electron chi connectivity index (χ3n) is 7.94. The highest BCUT2D eigenvalue weighted by molar-refractivity contribution is 6.07. The molecule has 39 heavy (non-hydrogen) atoms. The molecule has 5 rings (SSSR count). The van der Waals surface area contributed by atoms with Gasteiger partial charge in [-0.15, -0.1) is 0 Å². The molecule has 2 fully saturated rings. The van der Waals surface area contributed by atoms with Gasteiger partial charge < -0.3 is 19.5 Å². The second-order valence-corrected chi connectivity index (χ2v) is 9.98. The summed E-state index contributed by atoms with van der Waals surface area (Å²) in [5, 5.41) is 3.69. The number of anilines is 1. The molecule has 1 spiro atoms. The first-order chi connectivity index (χ1) is 18.8. The lowest BCUT2D eigenvalue weighted by atomic mass is 9.87. The fourth-order valence-corrected chi connectivity index (χ4v) is 5.58. The summed E-state index contributed by atoms with van der Waals surface area (Å²) in [7, 11) is 0. The minimum Gasteiger partial charge on any atom is -0.422 e. The van der Waals surface area contributed by atoms with Crippen LogP contribution in [-0.2, 0) is 11.2 Å². The summed E-state index contributed by atoms with van der Waals surface area (Å²) in [5.41, 5.74) is 1.60. The largest absolute Gasteiger partial charge is 0.422 e. The molecule has 0 atom stereocenters. The number of aryl methyl sites for hydroxylation is 1. The fraction of sp³-hybridized carbons (Fsp3) is 0.429. The Kier molecular flexibility index (Phi) is 7.07. The Balaban J connectivity index is 1.28. The van der Waals surface area contributed by atoms with Gasteiger partial charge in [-0.3, -0.25) is 14.5 Å². The number of piperidine rings is 1. The Morgan fingerprint density at radius 2 is 1.79 bits per heavy atom. The number of fused-ring (bicyclic) bond motifs is 1. The van der Waals surface area contributed by atoms with E-state index in [0.717, 1.165) is 29.7 Å². The molecular formula is C28H32N6O5. The molecule has 4 heterocycles. The van der Waals surface area contributed by atoms with E-state index in [-0.39, 0.29) is 24.8 Å². The predicted molar refractivity (Wildman–Crippen MR) is 145 cm³/mol. The van der Waals surface area contributed by atoms with Crippen LogP contribution in [0, 0.1) is 6.92 Å². The third-order valence-corrected chi connectivity index (χ3v) is 7.94. The van der Waals surface area contributed by atoms with E-state index in [1.54, 1.807) is 4.90 Å². The molecule has 11 heteroatoms. The van der Waals surface area contributed by atoms with Gasteiger partial charge in [0.2, 0.25) is 0 Å². The van der Waals surface area contributed by atoms with Gasteiger partial charge in [0.1, 0.15) is 17.4 Å². The molecule has 2 aliphatic heterocycles. The van der Waals surface area contributed by atoms with E-state index in [4.69, 9.17) is 4.42 Å². The predicted octanol–water partition coefficient (Wildman–Crippen LogP) is 2.51. The van der Waals surface area contributed by atoms with Crippen LogP contribution < -0.4 is 15.8 Å². The van der Waals surface area contributed by atoms with E-state index in [1.165, 1.54) is 23.6 Å². The Morgan fingerprint density at radius 1 is 1.10 bits per heavy atom. The molecule has 0 saturated carbocycles. The van der Waals surface area contributed by atoms with Gasteiger partial charge in [-0.05, 0) is 57.7 Å². The number of urea groups is 1. The first-order valence-electron chi connectivity index (χ1n) is 13.3. The molecular weight excluding hydrogens is 500 g/mol. The SMILES string of the molecule is CCN(CC)c1ccc2c(C)c(CCN3C(=O)NC4(CCN(C(=O)c5cncnc5)CC4)C3=O)c(=O)oc2c1. The molecule has 1 N–H and O–H groups in total. The van der Waals surface area contributed by atoms with E-state index >= 15 is 0 Å². The molecule has 2 aliphatic rings. The molecule has 2 aromatic heterocycles. The number of carbonyl (C=O) groups is 3. The standard InChI is InChI=1S/C28H32N6O5/c1-4-32(5-2)20-6-7-21-18(3)22(25(36)39-23(21)14-20)8-11-34-26(37)28(31-27(34)38)9-12-33(13-10-28)24(35)19-15-29-17-30-16-19/h6-7,14-17H,4-5,8-13H2,1-3H3,(H,31,38). The van der Waals surface area contributed by atoms with E-state index in [1.807, 2.05) is 25.1 Å². The van der Waals surface area contributed by atoms with Crippen molar-refractivity contribution in [2.24, 2.45) is 0 Å². The van der Waals surface area contributed by atoms with Gasteiger partial charge in [0, 0.05) is 67.8 Å². The first-order valence-corrected chi connectivity index (χ1v) is 13.3. The summed E-state index contributed by atoms with van der Waals surface area (Å²) in [4.78, 5) is 64.7. The van der Waals surface area contributed by atoms with Crippen molar-refractivity contribution in [3.63, 3.8) is 0 Å². The average Bonchev–Trinajstić information content (AvgIpc) is 3.17. The zero-order valence-corrected chi connectivity index (χ0v) is 22.4. The average molecular weight is 533 g/mol. The highest BCUT2D eigenvalue weighted by atomic mass is 16.4. The van der Waals surface area contributed by atoms with Gasteiger partial charge in [-0.1, -0.05) is 0 Å². The number of hydrogen-bond donors (Lipinski definition) is 1. The topological polar surface area (TPSA) is 129 Å². The molecule has 1 aromatic carbocycles. The van der Waals surface area contributed by atoms with Crippen LogP contribution in [0.15, 0.2) is 46.1 Å². The van der Waals surface area contributed by atoms with Gasteiger partial charge >= 0.3 is 11.7 Å². The molecule has 4 amide bonds. The van der Waals surface area contributed by atoms with Crippen molar-refractivity contribution in [2.45, 2.75) is 45.6 Å². The third kappa shape index (κ3) is 4.73. The Hall–Kier alpha value is -4.28. The van der Waals surface area contributed by atoms with Crippen molar-refractivity contribution in [3.8, 4) is 0 Å². The number of benzene rings is 1. The summed E-state index contributed by atoms with van der Waals surface area (Å²) in [6.07, 6.45) is 5.07. The number of imide groups is 1. The van der Waals surface area contributed by atoms with Gasteiger partial charge in [-0.25, -0.2) is 19.6 Å². The number of likely N-dealkylation sites (tertiary alicyclic amines) is 1. The summed E-state index contributed by atoms with van der Waals surface area (Å²) in [5.74, 6) is -0.531. The highest BCUT2D eigenvalue weighted by Crippen LogP contribution is 2.31. The molecule has 0 unspecified atom stereocenters. The number of rotatable bonds is 7. The van der Waals surface area contributed by atoms with Crippen molar-refractivity contribution >= 4 is 34.5 Å². The van der Waals surface area contributed by atoms with Crippen LogP contribution in [-0.4, -0.2) is 75.9 Å². The summed E-state index contributed by atoms with van der Waals surface area (Å²) in [6, 6.07) is 5.35. The number of carbonyl (C=O) groups excluding carboxylic acids is 3. The summed E-state index contributed by atoms with van der Waals surface area (Å²) >= 11 is 0. The van der Waals surface area contributed by atoms with Gasteiger partial charge in [0.25, 0.3) is 11.8 Å². The van der Waals surface area contributed by atoms with Crippen LogP contribution >= 0.6 is 0 Å². The molecule has 2 saturated heterocycles. The lowest BCUT2D eigenvalue weighted by Gasteiger charge is -2.37. The van der Waals surface area contributed by atoms with Crippen LogP contribution in [0.25, 0.3) is 11.0 Å². The maximum Gasteiger partial charge on any atom is 0.339 e. The Bertz CT molecular complexity index is 1480. The maximum absolute atomic E-state index is 13.4. The van der Waals surface area contributed by atoms with E-state index in [9.17, 15) is 19.2 Å². The van der Waals surface area contributed by atoms with Crippen LogP contribution in [0.2, 0.25) is 0 Å². The number of nitrogens with zero attached hydrogens (tertiary/aromatic N) is 5. The van der Waals surface area contributed by atoms with E-state index < -0.39 is 17.2 Å². The fourth-order valence-electron chi connectivity index (χ4n) is 5.58. The number of amides is 4. The van der Waals surface area contributed by atoms with Gasteiger partial charge in [-0.2, -0.15) is 0 Å². The van der Waals surface area contributed by atoms with Crippen molar-refractivity contribution in [2.75, 3.05) is 37.6 Å². The Morgan fingerprint density at radius 3 is 2.46 bits per heavy atom. The number of hydrogen-bond acceptors (Lipinski definition) is 8. The molecule has 204 valence electrons. The zero-order chi connectivity index (χ0) is 27.7. The molecule has 0 aliphatic carbocycles. The van der Waals surface area contributed by atoms with Crippen molar-refractivity contribution in [1.82, 2.24) is 25.1 Å². The minimum atomic E-state index is -1.05. The lowest BCUT2D eigenvalue weighted by Crippen LogP contribution is -2.56. The van der Waals surface area contributed by atoms with Crippen LogP contribution in [0.3, 0.4) is 0 Å². The molecule has 0 radical (unpaired) electrons. The van der Waals surface area contributed by atoms with E-state index in [0.29, 0.717) is 42.6 Å². The smallest absolute Gasteiger partial charge is 0.339 e. The normalized spacial score (nSPS) is 16.7.